The molecule has 1 heterocycles. The van der Waals surface area contributed by atoms with Crippen molar-refractivity contribution in [2.75, 3.05) is 14.2 Å². The lowest BCUT2D eigenvalue weighted by atomic mass is 10.3. The van der Waals surface area contributed by atoms with Crippen molar-refractivity contribution in [3.05, 3.63) is 12.3 Å². The molecule has 0 bridgehead atoms. The van der Waals surface area contributed by atoms with Gasteiger partial charge in [-0.15, -0.1) is 5.01 Å². The molecule has 74 valence electrons. The molecule has 6 heteroatoms. The largest absolute Gasteiger partial charge is 0.468 e. The van der Waals surface area contributed by atoms with Crippen LogP contribution in [0.1, 0.15) is 0 Å². The van der Waals surface area contributed by atoms with E-state index in [4.69, 9.17) is 0 Å². The van der Waals surface area contributed by atoms with Gasteiger partial charge in [0.25, 0.3) is 0 Å². The van der Waals surface area contributed by atoms with Crippen LogP contribution in [0.4, 0.5) is 8.78 Å². The zero-order chi connectivity index (χ0) is 10.0. The second kappa shape index (κ2) is 3.69. The molecule has 1 aliphatic heterocycles. The molecule has 0 saturated heterocycles. The first-order chi connectivity index (χ1) is 6.07. The Morgan fingerprint density at radius 3 is 2.69 bits per heavy atom. The lowest BCUT2D eigenvalue weighted by molar-refractivity contribution is -0.169. The second-order valence-electron chi connectivity index (χ2n) is 2.54. The number of halogens is 2. The summed E-state index contributed by atoms with van der Waals surface area (Å²) < 4.78 is 29.1. The number of nitrogens with zero attached hydrogens (tertiary/aromatic N) is 2. The molecule has 1 atom stereocenters. The fraction of sp³-hybridized carbons (Fsp3) is 0.571. The second-order valence-corrected chi connectivity index (χ2v) is 2.54. The van der Waals surface area contributed by atoms with E-state index < -0.39 is 18.6 Å². The van der Waals surface area contributed by atoms with Crippen LogP contribution in [0.2, 0.25) is 0 Å². The van der Waals surface area contributed by atoms with E-state index in [2.05, 4.69) is 4.74 Å². The van der Waals surface area contributed by atoms with Crippen molar-refractivity contribution < 1.29 is 18.3 Å². The van der Waals surface area contributed by atoms with Gasteiger partial charge < -0.3 is 9.75 Å². The van der Waals surface area contributed by atoms with Crippen LogP contribution in [0, 0.1) is 0 Å². The molecule has 0 aromatic rings. The van der Waals surface area contributed by atoms with Gasteiger partial charge in [0, 0.05) is 13.2 Å². The molecule has 4 nitrogen and oxygen atoms in total. The Morgan fingerprint density at radius 2 is 2.23 bits per heavy atom. The molecule has 0 N–H and O–H groups in total. The summed E-state index contributed by atoms with van der Waals surface area (Å²) in [6.07, 6.45) is 2.76. The third-order valence-electron chi connectivity index (χ3n) is 1.78. The number of esters is 1. The first kappa shape index (κ1) is 9.91. The number of rotatable bonds is 2. The molecule has 0 spiro atoms. The maximum atomic E-state index is 12.4. The third-order valence-corrected chi connectivity index (χ3v) is 1.78. The Labute approximate surface area is 74.3 Å². The number of hydrogen-bond acceptors (Lipinski definition) is 4. The summed E-state index contributed by atoms with van der Waals surface area (Å²) in [6, 6.07) is -1.02. The van der Waals surface area contributed by atoms with E-state index in [9.17, 15) is 13.6 Å². The SMILES string of the molecule is COC(=O)C1C=CN(C)N1C(F)F. The minimum absolute atomic E-state index is 0.631. The number of alkyl halides is 2. The normalized spacial score (nSPS) is 22.8. The van der Waals surface area contributed by atoms with E-state index >= 15 is 0 Å². The van der Waals surface area contributed by atoms with Crippen LogP contribution >= 0.6 is 0 Å². The van der Waals surface area contributed by atoms with Gasteiger partial charge in [0.2, 0.25) is 0 Å². The minimum Gasteiger partial charge on any atom is -0.468 e. The number of carbonyl (C=O) groups excluding carboxylic acids is 1. The van der Waals surface area contributed by atoms with Crippen molar-refractivity contribution in [3.8, 4) is 0 Å². The van der Waals surface area contributed by atoms with Gasteiger partial charge >= 0.3 is 12.5 Å². The Morgan fingerprint density at radius 1 is 1.62 bits per heavy atom. The van der Waals surface area contributed by atoms with Gasteiger partial charge in [0.1, 0.15) is 0 Å². The highest BCUT2D eigenvalue weighted by atomic mass is 19.3. The van der Waals surface area contributed by atoms with Crippen molar-refractivity contribution in [1.82, 2.24) is 10.0 Å². The van der Waals surface area contributed by atoms with Gasteiger partial charge in [0.05, 0.1) is 7.11 Å². The molecule has 0 aromatic carbocycles. The molecule has 0 radical (unpaired) electrons. The minimum atomic E-state index is -2.72. The summed E-state index contributed by atoms with van der Waals surface area (Å²) in [4.78, 5) is 11.0. The fourth-order valence-corrected chi connectivity index (χ4v) is 1.13. The molecule has 1 rings (SSSR count). The van der Waals surface area contributed by atoms with E-state index in [0.29, 0.717) is 5.01 Å². The molecule has 0 fully saturated rings. The number of methoxy groups -OCH3 is 1. The zero-order valence-corrected chi connectivity index (χ0v) is 7.28. The summed E-state index contributed by atoms with van der Waals surface area (Å²) in [5.74, 6) is -0.694. The average Bonchev–Trinajstić information content (AvgIpc) is 2.45. The fourth-order valence-electron chi connectivity index (χ4n) is 1.13. The van der Waals surface area contributed by atoms with Crippen LogP contribution < -0.4 is 0 Å². The van der Waals surface area contributed by atoms with Gasteiger partial charge in [-0.05, 0) is 6.08 Å². The number of carbonyl (C=O) groups is 1. The Kier molecular flexibility index (Phi) is 2.82. The van der Waals surface area contributed by atoms with E-state index in [1.807, 2.05) is 0 Å². The van der Waals surface area contributed by atoms with E-state index in [1.54, 1.807) is 0 Å². The predicted octanol–water partition coefficient (Wildman–Crippen LogP) is 0.427. The summed E-state index contributed by atoms with van der Waals surface area (Å²) in [7, 11) is 2.60. The molecule has 0 aliphatic carbocycles. The molecular formula is C7H10F2N2O2. The van der Waals surface area contributed by atoms with E-state index in [-0.39, 0.29) is 0 Å². The first-order valence-electron chi connectivity index (χ1n) is 3.63. The number of hydrazine groups is 1. The molecule has 13 heavy (non-hydrogen) atoms. The Bertz CT molecular complexity index is 233. The highest BCUT2D eigenvalue weighted by molar-refractivity contribution is 5.78. The summed E-state index contributed by atoms with van der Waals surface area (Å²) >= 11 is 0. The average molecular weight is 192 g/mol. The van der Waals surface area contributed by atoms with Gasteiger partial charge in [0.15, 0.2) is 6.04 Å². The van der Waals surface area contributed by atoms with Crippen LogP contribution in [-0.4, -0.2) is 42.7 Å². The molecular weight excluding hydrogens is 182 g/mol. The lowest BCUT2D eigenvalue weighted by Crippen LogP contribution is -2.46. The topological polar surface area (TPSA) is 32.8 Å². The van der Waals surface area contributed by atoms with Crippen molar-refractivity contribution >= 4 is 5.97 Å². The van der Waals surface area contributed by atoms with Gasteiger partial charge in [-0.1, -0.05) is 0 Å². The molecule has 0 aromatic heterocycles. The molecule has 0 saturated carbocycles. The van der Waals surface area contributed by atoms with Gasteiger partial charge in [-0.25, -0.2) is 4.79 Å². The van der Waals surface area contributed by atoms with E-state index in [0.717, 1.165) is 12.1 Å². The maximum Gasteiger partial charge on any atom is 0.329 e. The van der Waals surface area contributed by atoms with Crippen LogP contribution in [0.15, 0.2) is 12.3 Å². The molecule has 0 amide bonds. The maximum absolute atomic E-state index is 12.4. The lowest BCUT2D eigenvalue weighted by Gasteiger charge is -2.27. The Balaban J connectivity index is 2.75. The van der Waals surface area contributed by atoms with Crippen LogP contribution in [0.3, 0.4) is 0 Å². The van der Waals surface area contributed by atoms with Crippen molar-refractivity contribution in [2.45, 2.75) is 12.6 Å². The quantitative estimate of drug-likeness (QED) is 0.469. The molecule has 1 aliphatic rings. The predicted molar refractivity (Wildman–Crippen MR) is 40.6 cm³/mol. The van der Waals surface area contributed by atoms with Gasteiger partial charge in [-0.3, -0.25) is 0 Å². The van der Waals surface area contributed by atoms with Crippen molar-refractivity contribution in [2.24, 2.45) is 0 Å². The van der Waals surface area contributed by atoms with Crippen LogP contribution in [0.5, 0.6) is 0 Å². The highest BCUT2D eigenvalue weighted by Gasteiger charge is 2.36. The summed E-state index contributed by atoms with van der Waals surface area (Å²) in [5.41, 5.74) is 0. The molecule has 1 unspecified atom stereocenters. The van der Waals surface area contributed by atoms with Crippen molar-refractivity contribution in [3.63, 3.8) is 0 Å². The van der Waals surface area contributed by atoms with Crippen LogP contribution in [0.25, 0.3) is 0 Å². The zero-order valence-electron chi connectivity index (χ0n) is 7.28. The van der Waals surface area contributed by atoms with E-state index in [1.165, 1.54) is 19.3 Å². The monoisotopic (exact) mass is 192 g/mol. The summed E-state index contributed by atoms with van der Waals surface area (Å²) in [6.45, 7) is -2.72. The summed E-state index contributed by atoms with van der Waals surface area (Å²) in [5, 5.41) is 1.79. The standard InChI is InChI=1S/C7H10F2N2O2/c1-10-4-3-5(6(12)13-2)11(10)7(8)9/h3-5,7H,1-2H3. The van der Waals surface area contributed by atoms with Crippen LogP contribution in [-0.2, 0) is 9.53 Å². The van der Waals surface area contributed by atoms with Crippen molar-refractivity contribution in [1.29, 1.82) is 0 Å². The third kappa shape index (κ3) is 1.77. The van der Waals surface area contributed by atoms with Gasteiger partial charge in [-0.2, -0.15) is 8.78 Å². The highest BCUT2D eigenvalue weighted by Crippen LogP contribution is 2.19. The first-order valence-corrected chi connectivity index (χ1v) is 3.63. The number of ether oxygens (including phenoxy) is 1. The Hall–Kier alpha value is -1.17. The smallest absolute Gasteiger partial charge is 0.329 e. The number of hydrogen-bond donors (Lipinski definition) is 0.